The van der Waals surface area contributed by atoms with E-state index in [4.69, 9.17) is 16.3 Å². The Morgan fingerprint density at radius 2 is 2.24 bits per heavy atom. The number of methoxy groups -OCH3 is 1. The van der Waals surface area contributed by atoms with E-state index in [9.17, 15) is 4.79 Å². The molecule has 1 aromatic heterocycles. The van der Waals surface area contributed by atoms with E-state index in [0.717, 1.165) is 0 Å². The number of aromatic nitrogens is 2. The minimum atomic E-state index is -0.309. The molecule has 0 aliphatic carbocycles. The van der Waals surface area contributed by atoms with Gasteiger partial charge >= 0.3 is 0 Å². The van der Waals surface area contributed by atoms with Crippen LogP contribution < -0.4 is 10.9 Å². The normalized spacial score (nSPS) is 12.8. The van der Waals surface area contributed by atoms with Gasteiger partial charge in [-0.1, -0.05) is 25.4 Å². The van der Waals surface area contributed by atoms with Crippen LogP contribution in [0.2, 0.25) is 5.02 Å². The highest BCUT2D eigenvalue weighted by Crippen LogP contribution is 2.18. The third-order valence-corrected chi connectivity index (χ3v) is 2.94. The first kappa shape index (κ1) is 14.0. The Hall–Kier alpha value is -1.07. The van der Waals surface area contributed by atoms with Gasteiger partial charge in [-0.2, -0.15) is 5.10 Å². The molecule has 1 N–H and O–H groups in total. The van der Waals surface area contributed by atoms with Gasteiger partial charge < -0.3 is 10.1 Å². The molecular formula is C11H18ClN3O2. The van der Waals surface area contributed by atoms with Gasteiger partial charge in [0.2, 0.25) is 0 Å². The van der Waals surface area contributed by atoms with E-state index >= 15 is 0 Å². The van der Waals surface area contributed by atoms with E-state index in [2.05, 4.69) is 24.3 Å². The molecule has 6 heteroatoms. The summed E-state index contributed by atoms with van der Waals surface area (Å²) in [6, 6.07) is 0.0893. The van der Waals surface area contributed by atoms with Crippen molar-refractivity contribution in [1.82, 2.24) is 9.78 Å². The van der Waals surface area contributed by atoms with Gasteiger partial charge in [0.15, 0.2) is 0 Å². The molecule has 0 amide bonds. The van der Waals surface area contributed by atoms with E-state index in [1.54, 1.807) is 20.4 Å². The lowest BCUT2D eigenvalue weighted by molar-refractivity contribution is 0.171. The third kappa shape index (κ3) is 3.44. The predicted molar refractivity (Wildman–Crippen MR) is 68.6 cm³/mol. The zero-order valence-electron chi connectivity index (χ0n) is 10.5. The summed E-state index contributed by atoms with van der Waals surface area (Å²) in [5, 5.41) is 7.27. The van der Waals surface area contributed by atoms with Crippen LogP contribution in [0.5, 0.6) is 0 Å². The average Bonchev–Trinajstić information content (AvgIpc) is 2.28. The fourth-order valence-electron chi connectivity index (χ4n) is 1.39. The Balaban J connectivity index is 2.94. The van der Waals surface area contributed by atoms with Crippen molar-refractivity contribution in [3.05, 3.63) is 21.6 Å². The Morgan fingerprint density at radius 1 is 1.59 bits per heavy atom. The van der Waals surface area contributed by atoms with Crippen LogP contribution in [-0.4, -0.2) is 29.5 Å². The lowest BCUT2D eigenvalue weighted by atomic mass is 10.1. The quantitative estimate of drug-likeness (QED) is 0.871. The van der Waals surface area contributed by atoms with Crippen molar-refractivity contribution >= 4 is 17.3 Å². The van der Waals surface area contributed by atoms with Crippen molar-refractivity contribution in [2.75, 3.05) is 19.0 Å². The second-order valence-corrected chi connectivity index (χ2v) is 4.63. The molecule has 1 heterocycles. The molecule has 5 nitrogen and oxygen atoms in total. The highest BCUT2D eigenvalue weighted by Gasteiger charge is 2.16. The fourth-order valence-corrected chi connectivity index (χ4v) is 1.62. The maximum Gasteiger partial charge on any atom is 0.287 e. The largest absolute Gasteiger partial charge is 0.383 e. The Bertz CT molecular complexity index is 431. The first-order valence-electron chi connectivity index (χ1n) is 5.44. The minimum Gasteiger partial charge on any atom is -0.383 e. The molecule has 96 valence electrons. The van der Waals surface area contributed by atoms with Gasteiger partial charge in [0.25, 0.3) is 5.56 Å². The highest BCUT2D eigenvalue weighted by molar-refractivity contribution is 6.32. The molecule has 0 saturated heterocycles. The van der Waals surface area contributed by atoms with Crippen LogP contribution in [0, 0.1) is 5.92 Å². The Kier molecular flexibility index (Phi) is 4.96. The zero-order valence-corrected chi connectivity index (χ0v) is 11.3. The maximum absolute atomic E-state index is 11.6. The van der Waals surface area contributed by atoms with Crippen LogP contribution in [0.15, 0.2) is 11.0 Å². The summed E-state index contributed by atoms with van der Waals surface area (Å²) < 4.78 is 6.32. The van der Waals surface area contributed by atoms with E-state index < -0.39 is 0 Å². The SMILES string of the molecule is COCC(Nc1cnn(C)c(=O)c1Cl)C(C)C. The first-order valence-corrected chi connectivity index (χ1v) is 5.82. The number of ether oxygens (including phenoxy) is 1. The number of nitrogens with one attached hydrogen (secondary N) is 1. The first-order chi connectivity index (χ1) is 7.97. The van der Waals surface area contributed by atoms with E-state index in [1.165, 1.54) is 4.68 Å². The number of hydrogen-bond acceptors (Lipinski definition) is 4. The molecular weight excluding hydrogens is 242 g/mol. The van der Waals surface area contributed by atoms with E-state index in [1.807, 2.05) is 0 Å². The van der Waals surface area contributed by atoms with Crippen LogP contribution in [0.1, 0.15) is 13.8 Å². The van der Waals surface area contributed by atoms with E-state index in [-0.39, 0.29) is 16.6 Å². The average molecular weight is 260 g/mol. The van der Waals surface area contributed by atoms with Crippen molar-refractivity contribution < 1.29 is 4.74 Å². The molecule has 0 aliphatic heterocycles. The van der Waals surface area contributed by atoms with Crippen LogP contribution in [-0.2, 0) is 11.8 Å². The zero-order chi connectivity index (χ0) is 13.0. The van der Waals surface area contributed by atoms with Crippen molar-refractivity contribution in [3.8, 4) is 0 Å². The van der Waals surface area contributed by atoms with Crippen molar-refractivity contribution in [2.24, 2.45) is 13.0 Å². The summed E-state index contributed by atoms with van der Waals surface area (Å²) in [5.41, 5.74) is 0.238. The van der Waals surface area contributed by atoms with Crippen LogP contribution in [0.3, 0.4) is 0 Å². The monoisotopic (exact) mass is 259 g/mol. The maximum atomic E-state index is 11.6. The fraction of sp³-hybridized carbons (Fsp3) is 0.636. The second-order valence-electron chi connectivity index (χ2n) is 4.25. The molecule has 0 radical (unpaired) electrons. The van der Waals surface area contributed by atoms with Gasteiger partial charge in [-0.05, 0) is 5.92 Å². The number of nitrogens with zero attached hydrogens (tertiary/aromatic N) is 2. The van der Waals surface area contributed by atoms with Gasteiger partial charge in [-0.25, -0.2) is 4.68 Å². The Morgan fingerprint density at radius 3 is 2.76 bits per heavy atom. The van der Waals surface area contributed by atoms with Crippen LogP contribution in [0.4, 0.5) is 5.69 Å². The van der Waals surface area contributed by atoms with Gasteiger partial charge in [0.05, 0.1) is 24.5 Å². The van der Waals surface area contributed by atoms with Gasteiger partial charge in [-0.3, -0.25) is 4.79 Å². The number of aryl methyl sites for hydroxylation is 1. The van der Waals surface area contributed by atoms with Crippen LogP contribution in [0.25, 0.3) is 0 Å². The molecule has 0 fully saturated rings. The highest BCUT2D eigenvalue weighted by atomic mass is 35.5. The minimum absolute atomic E-state index is 0.0893. The molecule has 0 spiro atoms. The summed E-state index contributed by atoms with van der Waals surface area (Å²) in [6.45, 7) is 4.68. The summed E-state index contributed by atoms with van der Waals surface area (Å²) >= 11 is 5.97. The smallest absolute Gasteiger partial charge is 0.287 e. The van der Waals surface area contributed by atoms with Crippen molar-refractivity contribution in [1.29, 1.82) is 0 Å². The van der Waals surface area contributed by atoms with Crippen molar-refractivity contribution in [2.45, 2.75) is 19.9 Å². The molecule has 0 saturated carbocycles. The topological polar surface area (TPSA) is 56.1 Å². The molecule has 0 aliphatic rings. The second kappa shape index (κ2) is 6.02. The number of anilines is 1. The molecule has 0 aromatic carbocycles. The lowest BCUT2D eigenvalue weighted by Crippen LogP contribution is -2.32. The molecule has 1 aromatic rings. The molecule has 1 rings (SSSR count). The van der Waals surface area contributed by atoms with E-state index in [0.29, 0.717) is 18.2 Å². The number of hydrogen-bond donors (Lipinski definition) is 1. The molecule has 17 heavy (non-hydrogen) atoms. The van der Waals surface area contributed by atoms with Gasteiger partial charge in [0.1, 0.15) is 5.02 Å². The standard InChI is InChI=1S/C11H18ClN3O2/c1-7(2)9(6-17-4)14-8-5-13-15(3)11(16)10(8)12/h5,7,9,14H,6H2,1-4H3. The number of halogens is 1. The predicted octanol–water partition coefficient (Wildman–Crippen LogP) is 1.52. The molecule has 1 unspecified atom stereocenters. The molecule has 1 atom stereocenters. The Labute approximate surface area is 106 Å². The lowest BCUT2D eigenvalue weighted by Gasteiger charge is -2.22. The summed E-state index contributed by atoms with van der Waals surface area (Å²) in [4.78, 5) is 11.6. The van der Waals surface area contributed by atoms with Gasteiger partial charge in [0, 0.05) is 14.2 Å². The summed E-state index contributed by atoms with van der Waals surface area (Å²) in [6.07, 6.45) is 1.55. The number of rotatable bonds is 5. The summed E-state index contributed by atoms with van der Waals surface area (Å²) in [7, 11) is 3.20. The van der Waals surface area contributed by atoms with Gasteiger partial charge in [-0.15, -0.1) is 0 Å². The third-order valence-electron chi connectivity index (χ3n) is 2.57. The molecule has 0 bridgehead atoms. The van der Waals surface area contributed by atoms with Crippen molar-refractivity contribution in [3.63, 3.8) is 0 Å². The van der Waals surface area contributed by atoms with Crippen LogP contribution >= 0.6 is 11.6 Å². The summed E-state index contributed by atoms with van der Waals surface area (Å²) in [5.74, 6) is 0.357.